The molecule has 2 fully saturated rings. The Morgan fingerprint density at radius 1 is 1.39 bits per heavy atom. The van der Waals surface area contributed by atoms with Crippen LogP contribution in [0.25, 0.3) is 0 Å². The fourth-order valence-corrected chi connectivity index (χ4v) is 4.97. The van der Waals surface area contributed by atoms with Gasteiger partial charge in [0.2, 0.25) is 12.7 Å². The molecule has 2 aromatic rings. The second-order valence-electron chi connectivity index (χ2n) is 7.81. The Hall–Kier alpha value is -2.16. The Bertz CT molecular complexity index is 924. The van der Waals surface area contributed by atoms with Gasteiger partial charge in [-0.3, -0.25) is 9.69 Å². The summed E-state index contributed by atoms with van der Waals surface area (Å²) in [5.41, 5.74) is 1.41. The smallest absolute Gasteiger partial charge is 0.236 e. The SMILES string of the molecule is Cc1nc(NC(=O)C2(c3ccc4c(c3)OCO4)CC2)sc1CN1CC[C@H](O)C1. The highest BCUT2D eigenvalue weighted by molar-refractivity contribution is 7.15. The van der Waals surface area contributed by atoms with E-state index in [1.165, 1.54) is 11.3 Å². The maximum absolute atomic E-state index is 13.0. The van der Waals surface area contributed by atoms with Crippen molar-refractivity contribution >= 4 is 22.4 Å². The van der Waals surface area contributed by atoms with Gasteiger partial charge < -0.3 is 19.9 Å². The molecule has 2 N–H and O–H groups in total. The summed E-state index contributed by atoms with van der Waals surface area (Å²) < 4.78 is 10.8. The number of likely N-dealkylation sites (tertiary alicyclic amines) is 1. The van der Waals surface area contributed by atoms with Crippen molar-refractivity contribution in [3.8, 4) is 11.5 Å². The zero-order valence-corrected chi connectivity index (χ0v) is 16.6. The lowest BCUT2D eigenvalue weighted by Crippen LogP contribution is -2.27. The lowest BCUT2D eigenvalue weighted by Gasteiger charge is -2.15. The molecule has 0 bridgehead atoms. The lowest BCUT2D eigenvalue weighted by atomic mass is 9.94. The van der Waals surface area contributed by atoms with Crippen LogP contribution in [-0.2, 0) is 16.8 Å². The summed E-state index contributed by atoms with van der Waals surface area (Å²) in [6.07, 6.45) is 2.23. The molecule has 0 unspecified atom stereocenters. The standard InChI is InChI=1S/C20H23N3O4S/c1-12-17(10-23-7-4-14(24)9-23)28-19(21-12)22-18(25)20(5-6-20)13-2-3-15-16(8-13)27-11-26-15/h2-3,8,14,24H,4-7,9-11H2,1H3,(H,21,22,25)/t14-/m0/s1. The van der Waals surface area contributed by atoms with Gasteiger partial charge in [-0.1, -0.05) is 6.07 Å². The van der Waals surface area contributed by atoms with E-state index in [0.717, 1.165) is 54.2 Å². The molecule has 2 aliphatic heterocycles. The monoisotopic (exact) mass is 401 g/mol. The molecule has 1 amide bonds. The Balaban J connectivity index is 1.30. The molecule has 28 heavy (non-hydrogen) atoms. The Morgan fingerprint density at radius 2 is 2.21 bits per heavy atom. The third-order valence-electron chi connectivity index (χ3n) is 5.84. The van der Waals surface area contributed by atoms with Gasteiger partial charge in [-0.05, 0) is 43.9 Å². The van der Waals surface area contributed by atoms with Crippen molar-refractivity contribution in [3.63, 3.8) is 0 Å². The molecule has 1 aliphatic carbocycles. The number of thiazole rings is 1. The zero-order chi connectivity index (χ0) is 19.3. The highest BCUT2D eigenvalue weighted by Crippen LogP contribution is 2.51. The zero-order valence-electron chi connectivity index (χ0n) is 15.7. The lowest BCUT2D eigenvalue weighted by molar-refractivity contribution is -0.118. The van der Waals surface area contributed by atoms with Crippen LogP contribution in [0.1, 0.15) is 35.4 Å². The first kappa shape index (κ1) is 17.9. The number of nitrogens with one attached hydrogen (secondary N) is 1. The molecule has 1 aromatic heterocycles. The van der Waals surface area contributed by atoms with Gasteiger partial charge in [0.1, 0.15) is 0 Å². The minimum Gasteiger partial charge on any atom is -0.454 e. The van der Waals surface area contributed by atoms with Crippen molar-refractivity contribution in [1.82, 2.24) is 9.88 Å². The normalized spacial score (nSPS) is 22.4. The van der Waals surface area contributed by atoms with Gasteiger partial charge in [-0.25, -0.2) is 4.98 Å². The summed E-state index contributed by atoms with van der Waals surface area (Å²) in [6.45, 7) is 4.56. The van der Waals surface area contributed by atoms with Crippen molar-refractivity contribution in [2.45, 2.75) is 44.2 Å². The van der Waals surface area contributed by atoms with Crippen LogP contribution in [0.3, 0.4) is 0 Å². The molecule has 3 aliphatic rings. The first-order valence-corrected chi connectivity index (χ1v) is 10.4. The van der Waals surface area contributed by atoms with Gasteiger partial charge >= 0.3 is 0 Å². The topological polar surface area (TPSA) is 83.9 Å². The van der Waals surface area contributed by atoms with Crippen LogP contribution in [-0.4, -0.2) is 46.9 Å². The molecule has 1 saturated carbocycles. The molecule has 1 saturated heterocycles. The Labute approximate surface area is 167 Å². The predicted molar refractivity (Wildman–Crippen MR) is 105 cm³/mol. The number of nitrogens with zero attached hydrogens (tertiary/aromatic N) is 2. The van der Waals surface area contributed by atoms with Crippen LogP contribution in [0.15, 0.2) is 18.2 Å². The largest absolute Gasteiger partial charge is 0.454 e. The minimum absolute atomic E-state index is 0.0109. The van der Waals surface area contributed by atoms with Gasteiger partial charge in [0, 0.05) is 24.5 Å². The third kappa shape index (κ3) is 3.15. The van der Waals surface area contributed by atoms with Gasteiger partial charge in [-0.15, -0.1) is 11.3 Å². The Kier molecular flexibility index (Phi) is 4.30. The van der Waals surface area contributed by atoms with E-state index in [0.29, 0.717) is 17.4 Å². The summed E-state index contributed by atoms with van der Waals surface area (Å²) in [5.74, 6) is 1.42. The molecule has 1 atom stereocenters. The number of anilines is 1. The van der Waals surface area contributed by atoms with E-state index in [1.54, 1.807) is 0 Å². The number of hydrogen-bond donors (Lipinski definition) is 2. The molecule has 8 heteroatoms. The molecule has 0 radical (unpaired) electrons. The summed E-state index contributed by atoms with van der Waals surface area (Å²) in [5, 5.41) is 13.4. The van der Waals surface area contributed by atoms with E-state index in [4.69, 9.17) is 9.47 Å². The number of aliphatic hydroxyl groups excluding tert-OH is 1. The van der Waals surface area contributed by atoms with Crippen LogP contribution in [0.4, 0.5) is 5.13 Å². The molecule has 0 spiro atoms. The van der Waals surface area contributed by atoms with Crippen molar-refractivity contribution < 1.29 is 19.4 Å². The average Bonchev–Trinajstić information content (AvgIpc) is 2.98. The van der Waals surface area contributed by atoms with Crippen LogP contribution >= 0.6 is 11.3 Å². The number of amides is 1. The van der Waals surface area contributed by atoms with E-state index in [1.807, 2.05) is 25.1 Å². The van der Waals surface area contributed by atoms with E-state index < -0.39 is 5.41 Å². The van der Waals surface area contributed by atoms with Crippen LogP contribution < -0.4 is 14.8 Å². The van der Waals surface area contributed by atoms with Gasteiger partial charge in [-0.2, -0.15) is 0 Å². The minimum atomic E-state index is -0.500. The fourth-order valence-electron chi connectivity index (χ4n) is 3.97. The maximum Gasteiger partial charge on any atom is 0.236 e. The number of ether oxygens (including phenoxy) is 2. The molecule has 5 rings (SSSR count). The number of rotatable bonds is 5. The summed E-state index contributed by atoms with van der Waals surface area (Å²) >= 11 is 1.52. The highest BCUT2D eigenvalue weighted by atomic mass is 32.1. The second kappa shape index (κ2) is 6.72. The predicted octanol–water partition coefficient (Wildman–Crippen LogP) is 2.42. The average molecular weight is 401 g/mol. The molecular weight excluding hydrogens is 378 g/mol. The third-order valence-corrected chi connectivity index (χ3v) is 6.90. The quantitative estimate of drug-likeness (QED) is 0.801. The number of benzene rings is 1. The van der Waals surface area contributed by atoms with Crippen LogP contribution in [0.2, 0.25) is 0 Å². The van der Waals surface area contributed by atoms with E-state index in [9.17, 15) is 9.90 Å². The molecule has 1 aromatic carbocycles. The fraction of sp³-hybridized carbons (Fsp3) is 0.500. The van der Waals surface area contributed by atoms with Crippen molar-refractivity contribution in [3.05, 3.63) is 34.3 Å². The molecule has 3 heterocycles. The van der Waals surface area contributed by atoms with E-state index in [-0.39, 0.29) is 18.8 Å². The maximum atomic E-state index is 13.0. The number of aromatic nitrogens is 1. The molecular formula is C20H23N3O4S. The summed E-state index contributed by atoms with van der Waals surface area (Å²) in [4.78, 5) is 21.0. The van der Waals surface area contributed by atoms with Crippen LogP contribution in [0, 0.1) is 6.92 Å². The number of aryl methyl sites for hydroxylation is 1. The molecule has 7 nitrogen and oxygen atoms in total. The van der Waals surface area contributed by atoms with E-state index in [2.05, 4.69) is 15.2 Å². The van der Waals surface area contributed by atoms with Gasteiger partial charge in [0.25, 0.3) is 0 Å². The number of hydrogen-bond acceptors (Lipinski definition) is 7. The number of fused-ring (bicyclic) bond motifs is 1. The number of aliphatic hydroxyl groups is 1. The highest BCUT2D eigenvalue weighted by Gasteiger charge is 2.52. The summed E-state index contributed by atoms with van der Waals surface area (Å²) in [6, 6.07) is 5.75. The van der Waals surface area contributed by atoms with Crippen molar-refractivity contribution in [2.24, 2.45) is 0 Å². The van der Waals surface area contributed by atoms with Crippen molar-refractivity contribution in [1.29, 1.82) is 0 Å². The van der Waals surface area contributed by atoms with Crippen LogP contribution in [0.5, 0.6) is 11.5 Å². The van der Waals surface area contributed by atoms with Crippen molar-refractivity contribution in [2.75, 3.05) is 25.2 Å². The number of β-amino-alcohol motifs (C(OH)–C–C–N with tert-alkyl or cyclic N) is 1. The number of carbonyl (C=O) groups is 1. The first-order valence-electron chi connectivity index (χ1n) is 9.62. The summed E-state index contributed by atoms with van der Waals surface area (Å²) in [7, 11) is 0. The van der Waals surface area contributed by atoms with E-state index >= 15 is 0 Å². The number of carbonyl (C=O) groups excluding carboxylic acids is 1. The Morgan fingerprint density at radius 3 is 2.96 bits per heavy atom. The first-order chi connectivity index (χ1) is 13.5. The second-order valence-corrected chi connectivity index (χ2v) is 8.89. The van der Waals surface area contributed by atoms with Gasteiger partial charge in [0.05, 0.1) is 17.2 Å². The molecule has 148 valence electrons. The van der Waals surface area contributed by atoms with Gasteiger partial charge in [0.15, 0.2) is 16.6 Å².